The lowest BCUT2D eigenvalue weighted by Gasteiger charge is -2.24. The molecule has 0 spiro atoms. The van der Waals surface area contributed by atoms with E-state index in [2.05, 4.69) is 5.32 Å². The Morgan fingerprint density at radius 3 is 2.81 bits per heavy atom. The van der Waals surface area contributed by atoms with E-state index in [1.165, 1.54) is 6.07 Å². The summed E-state index contributed by atoms with van der Waals surface area (Å²) in [4.78, 5) is 0. The maximum Gasteiger partial charge on any atom is 0.123 e. The lowest BCUT2D eigenvalue weighted by molar-refractivity contribution is 0.161. The molecule has 1 aromatic rings. The van der Waals surface area contributed by atoms with Crippen LogP contribution in [0.25, 0.3) is 0 Å². The number of ether oxygens (including phenoxy) is 1. The maximum absolute atomic E-state index is 13.0. The van der Waals surface area contributed by atoms with Gasteiger partial charge >= 0.3 is 0 Å². The van der Waals surface area contributed by atoms with Crippen LogP contribution in [0.15, 0.2) is 18.2 Å². The highest BCUT2D eigenvalue weighted by atomic mass is 19.1. The Balaban J connectivity index is 2.07. The molecule has 1 aliphatic heterocycles. The van der Waals surface area contributed by atoms with E-state index in [0.717, 1.165) is 43.7 Å². The summed E-state index contributed by atoms with van der Waals surface area (Å²) >= 11 is 0. The molecule has 2 rings (SSSR count). The van der Waals surface area contributed by atoms with Gasteiger partial charge in [-0.15, -0.1) is 0 Å². The lowest BCUT2D eigenvalue weighted by Crippen LogP contribution is -2.34. The van der Waals surface area contributed by atoms with E-state index in [1.54, 1.807) is 12.1 Å². The van der Waals surface area contributed by atoms with Crippen LogP contribution in [0.1, 0.15) is 25.3 Å². The van der Waals surface area contributed by atoms with Crippen molar-refractivity contribution in [1.82, 2.24) is 5.32 Å². The zero-order valence-electron chi connectivity index (χ0n) is 9.63. The summed E-state index contributed by atoms with van der Waals surface area (Å²) in [6, 6.07) is 4.78. The zero-order chi connectivity index (χ0) is 11.4. The number of rotatable bonds is 3. The summed E-state index contributed by atoms with van der Waals surface area (Å²) in [7, 11) is 0. The molecule has 0 aromatic heterocycles. The van der Waals surface area contributed by atoms with E-state index >= 15 is 0 Å². The van der Waals surface area contributed by atoms with Crippen molar-refractivity contribution in [1.29, 1.82) is 0 Å². The molecule has 1 fully saturated rings. The second kappa shape index (κ2) is 5.30. The minimum Gasteiger partial charge on any atom is -0.490 e. The van der Waals surface area contributed by atoms with Crippen LogP contribution in [0.4, 0.5) is 4.39 Å². The first-order chi connectivity index (χ1) is 7.79. The van der Waals surface area contributed by atoms with E-state index in [4.69, 9.17) is 4.74 Å². The van der Waals surface area contributed by atoms with Gasteiger partial charge < -0.3 is 10.1 Å². The molecule has 0 aliphatic carbocycles. The monoisotopic (exact) mass is 223 g/mol. The predicted octanol–water partition coefficient (Wildman–Crippen LogP) is 2.52. The third kappa shape index (κ3) is 2.73. The Hall–Kier alpha value is -1.09. The Kier molecular flexibility index (Phi) is 3.78. The van der Waals surface area contributed by atoms with Gasteiger partial charge in [-0.3, -0.25) is 0 Å². The van der Waals surface area contributed by atoms with Crippen molar-refractivity contribution in [2.24, 2.45) is 0 Å². The Labute approximate surface area is 95.8 Å². The number of halogens is 1. The summed E-state index contributed by atoms with van der Waals surface area (Å²) in [6.07, 6.45) is 3.14. The SMILES string of the molecule is CCc1cc(F)ccc1OC1CCNCC1. The van der Waals surface area contributed by atoms with Gasteiger partial charge in [0, 0.05) is 0 Å². The number of benzene rings is 1. The maximum atomic E-state index is 13.0. The highest BCUT2D eigenvalue weighted by molar-refractivity contribution is 5.34. The number of piperidine rings is 1. The average molecular weight is 223 g/mol. The van der Waals surface area contributed by atoms with Crippen molar-refractivity contribution < 1.29 is 9.13 Å². The van der Waals surface area contributed by atoms with Gasteiger partial charge in [-0.1, -0.05) is 6.92 Å². The van der Waals surface area contributed by atoms with Gasteiger partial charge in [-0.2, -0.15) is 0 Å². The largest absolute Gasteiger partial charge is 0.490 e. The molecule has 16 heavy (non-hydrogen) atoms. The second-order valence-corrected chi connectivity index (χ2v) is 4.17. The van der Waals surface area contributed by atoms with Gasteiger partial charge in [-0.05, 0) is 56.1 Å². The minimum atomic E-state index is -0.186. The molecule has 0 unspecified atom stereocenters. The average Bonchev–Trinajstić information content (AvgIpc) is 2.33. The molecule has 2 nitrogen and oxygen atoms in total. The fraction of sp³-hybridized carbons (Fsp3) is 0.538. The van der Waals surface area contributed by atoms with Crippen LogP contribution in [0.2, 0.25) is 0 Å². The highest BCUT2D eigenvalue weighted by Crippen LogP contribution is 2.23. The first kappa shape index (κ1) is 11.4. The van der Waals surface area contributed by atoms with E-state index in [1.807, 2.05) is 6.92 Å². The highest BCUT2D eigenvalue weighted by Gasteiger charge is 2.15. The van der Waals surface area contributed by atoms with E-state index < -0.39 is 0 Å². The van der Waals surface area contributed by atoms with Crippen LogP contribution >= 0.6 is 0 Å². The number of hydrogen-bond donors (Lipinski definition) is 1. The molecule has 1 heterocycles. The van der Waals surface area contributed by atoms with Crippen LogP contribution in [-0.4, -0.2) is 19.2 Å². The normalized spacial score (nSPS) is 17.4. The summed E-state index contributed by atoms with van der Waals surface area (Å²) in [5.41, 5.74) is 0.957. The summed E-state index contributed by atoms with van der Waals surface area (Å²) in [5.74, 6) is 0.658. The van der Waals surface area contributed by atoms with Gasteiger partial charge in [0.2, 0.25) is 0 Å². The molecule has 0 saturated carbocycles. The molecular formula is C13H18FNO. The van der Waals surface area contributed by atoms with Crippen molar-refractivity contribution in [2.45, 2.75) is 32.3 Å². The predicted molar refractivity (Wildman–Crippen MR) is 62.3 cm³/mol. The van der Waals surface area contributed by atoms with Crippen LogP contribution in [0.5, 0.6) is 5.75 Å². The molecule has 3 heteroatoms. The molecule has 0 bridgehead atoms. The number of hydrogen-bond acceptors (Lipinski definition) is 2. The van der Waals surface area contributed by atoms with Crippen molar-refractivity contribution in [2.75, 3.05) is 13.1 Å². The van der Waals surface area contributed by atoms with Crippen LogP contribution in [-0.2, 0) is 6.42 Å². The summed E-state index contributed by atoms with van der Waals surface area (Å²) in [6.45, 7) is 4.03. The molecular weight excluding hydrogens is 205 g/mol. The molecule has 1 N–H and O–H groups in total. The van der Waals surface area contributed by atoms with Crippen molar-refractivity contribution in [3.8, 4) is 5.75 Å². The van der Waals surface area contributed by atoms with Gasteiger partial charge in [-0.25, -0.2) is 4.39 Å². The molecule has 0 atom stereocenters. The fourth-order valence-electron chi connectivity index (χ4n) is 2.03. The quantitative estimate of drug-likeness (QED) is 0.850. The molecule has 0 amide bonds. The summed E-state index contributed by atoms with van der Waals surface area (Å²) in [5, 5.41) is 3.30. The number of nitrogens with one attached hydrogen (secondary N) is 1. The van der Waals surface area contributed by atoms with Crippen LogP contribution < -0.4 is 10.1 Å². The smallest absolute Gasteiger partial charge is 0.123 e. The topological polar surface area (TPSA) is 21.3 Å². The molecule has 88 valence electrons. The van der Waals surface area contributed by atoms with E-state index in [0.29, 0.717) is 0 Å². The molecule has 0 radical (unpaired) electrons. The lowest BCUT2D eigenvalue weighted by atomic mass is 10.1. The molecule has 1 aliphatic rings. The molecule has 1 aromatic carbocycles. The Morgan fingerprint density at radius 2 is 2.12 bits per heavy atom. The molecule has 1 saturated heterocycles. The van der Waals surface area contributed by atoms with Crippen LogP contribution in [0.3, 0.4) is 0 Å². The van der Waals surface area contributed by atoms with Crippen molar-refractivity contribution in [3.63, 3.8) is 0 Å². The van der Waals surface area contributed by atoms with Gasteiger partial charge in [0.25, 0.3) is 0 Å². The van der Waals surface area contributed by atoms with Crippen LogP contribution in [0, 0.1) is 5.82 Å². The Morgan fingerprint density at radius 1 is 1.38 bits per heavy atom. The first-order valence-corrected chi connectivity index (χ1v) is 5.95. The number of aryl methyl sites for hydroxylation is 1. The van der Waals surface area contributed by atoms with E-state index in [-0.39, 0.29) is 11.9 Å². The van der Waals surface area contributed by atoms with Crippen molar-refractivity contribution in [3.05, 3.63) is 29.6 Å². The minimum absolute atomic E-state index is 0.186. The van der Waals surface area contributed by atoms with Gasteiger partial charge in [0.15, 0.2) is 0 Å². The fourth-order valence-corrected chi connectivity index (χ4v) is 2.03. The standard InChI is InChI=1S/C13H18FNO/c1-2-10-9-11(14)3-4-13(10)16-12-5-7-15-8-6-12/h3-4,9,12,15H,2,5-8H2,1H3. The zero-order valence-corrected chi connectivity index (χ0v) is 9.63. The third-order valence-corrected chi connectivity index (χ3v) is 2.98. The van der Waals surface area contributed by atoms with Crippen molar-refractivity contribution >= 4 is 0 Å². The van der Waals surface area contributed by atoms with E-state index in [9.17, 15) is 4.39 Å². The second-order valence-electron chi connectivity index (χ2n) is 4.17. The third-order valence-electron chi connectivity index (χ3n) is 2.98. The summed E-state index contributed by atoms with van der Waals surface area (Å²) < 4.78 is 19.0. The van der Waals surface area contributed by atoms with Gasteiger partial charge in [0.1, 0.15) is 17.7 Å². The Bertz CT molecular complexity index is 348. The van der Waals surface area contributed by atoms with Gasteiger partial charge in [0.05, 0.1) is 0 Å². The first-order valence-electron chi connectivity index (χ1n) is 5.95.